The lowest BCUT2D eigenvalue weighted by Gasteiger charge is -2.15. The number of carbonyl (C=O) groups excluding carboxylic acids is 1. The van der Waals surface area contributed by atoms with Gasteiger partial charge in [0.05, 0.1) is 12.6 Å². The summed E-state index contributed by atoms with van der Waals surface area (Å²) in [6, 6.07) is 11.3. The van der Waals surface area contributed by atoms with E-state index in [1.165, 1.54) is 0 Å². The molecule has 4 nitrogen and oxygen atoms in total. The Bertz CT molecular complexity index is 575. The number of amides is 1. The maximum Gasteiger partial charge on any atom is 0.287 e. The largest absolute Gasteiger partial charge is 0.455 e. The van der Waals surface area contributed by atoms with Crippen LogP contribution < -0.4 is 11.1 Å². The second-order valence-corrected chi connectivity index (χ2v) is 4.52. The summed E-state index contributed by atoms with van der Waals surface area (Å²) in [5, 5.41) is 2.92. The minimum Gasteiger partial charge on any atom is -0.455 e. The first-order chi connectivity index (χ1) is 9.11. The molecule has 100 valence electrons. The van der Waals surface area contributed by atoms with Crippen LogP contribution in [0.5, 0.6) is 0 Å². The molecule has 0 saturated heterocycles. The first kappa shape index (κ1) is 13.4. The molecule has 0 bridgehead atoms. The average Bonchev–Trinajstić information content (AvgIpc) is 2.88. The molecular weight excluding hydrogens is 240 g/mol. The molecule has 0 unspecified atom stereocenters. The van der Waals surface area contributed by atoms with Crippen molar-refractivity contribution in [1.82, 2.24) is 5.32 Å². The summed E-state index contributed by atoms with van der Waals surface area (Å²) in [6.07, 6.45) is 0. The monoisotopic (exact) mass is 258 g/mol. The Morgan fingerprint density at radius 2 is 2.05 bits per heavy atom. The number of aryl methyl sites for hydroxylation is 1. The van der Waals surface area contributed by atoms with Crippen molar-refractivity contribution < 1.29 is 9.21 Å². The first-order valence-corrected chi connectivity index (χ1v) is 6.27. The zero-order valence-electron chi connectivity index (χ0n) is 11.1. The van der Waals surface area contributed by atoms with Gasteiger partial charge in [-0.1, -0.05) is 24.3 Å². The fourth-order valence-electron chi connectivity index (χ4n) is 2.03. The van der Waals surface area contributed by atoms with Gasteiger partial charge >= 0.3 is 0 Å². The minimum absolute atomic E-state index is 0.0693. The van der Waals surface area contributed by atoms with Crippen molar-refractivity contribution in [3.63, 3.8) is 0 Å². The quantitative estimate of drug-likeness (QED) is 0.885. The van der Waals surface area contributed by atoms with Gasteiger partial charge in [-0.15, -0.1) is 0 Å². The standard InChI is InChI=1S/C15H18N2O2/c1-10-5-3-4-6-13(10)11(2)17-15(18)14-8-7-12(9-16)19-14/h3-8,11H,9,16H2,1-2H3,(H,17,18)/t11-/m0/s1. The molecule has 0 radical (unpaired) electrons. The molecule has 1 aromatic heterocycles. The van der Waals surface area contributed by atoms with E-state index in [1.54, 1.807) is 12.1 Å². The Morgan fingerprint density at radius 3 is 2.68 bits per heavy atom. The smallest absolute Gasteiger partial charge is 0.287 e. The summed E-state index contributed by atoms with van der Waals surface area (Å²) >= 11 is 0. The van der Waals surface area contributed by atoms with Gasteiger partial charge in [0.25, 0.3) is 5.91 Å². The third-order valence-corrected chi connectivity index (χ3v) is 3.09. The van der Waals surface area contributed by atoms with Crippen LogP contribution in [0.25, 0.3) is 0 Å². The van der Waals surface area contributed by atoms with Crippen molar-refractivity contribution >= 4 is 5.91 Å². The normalized spacial score (nSPS) is 12.2. The predicted octanol–water partition coefficient (Wildman–Crippen LogP) is 2.54. The van der Waals surface area contributed by atoms with Gasteiger partial charge < -0.3 is 15.5 Å². The van der Waals surface area contributed by atoms with Crippen molar-refractivity contribution in [1.29, 1.82) is 0 Å². The molecule has 4 heteroatoms. The van der Waals surface area contributed by atoms with Crippen LogP contribution in [0, 0.1) is 6.92 Å². The number of hydrogen-bond donors (Lipinski definition) is 2. The zero-order chi connectivity index (χ0) is 13.8. The molecule has 0 spiro atoms. The van der Waals surface area contributed by atoms with E-state index in [-0.39, 0.29) is 11.9 Å². The Kier molecular flexibility index (Phi) is 4.02. The van der Waals surface area contributed by atoms with Gasteiger partial charge in [0.2, 0.25) is 0 Å². The molecular formula is C15H18N2O2. The molecule has 0 saturated carbocycles. The third kappa shape index (κ3) is 3.03. The number of hydrogen-bond acceptors (Lipinski definition) is 3. The van der Waals surface area contributed by atoms with E-state index < -0.39 is 0 Å². The van der Waals surface area contributed by atoms with Gasteiger partial charge in [0.1, 0.15) is 5.76 Å². The highest BCUT2D eigenvalue weighted by Crippen LogP contribution is 2.17. The van der Waals surface area contributed by atoms with E-state index in [0.717, 1.165) is 11.1 Å². The number of nitrogens with one attached hydrogen (secondary N) is 1. The van der Waals surface area contributed by atoms with Gasteiger partial charge in [-0.2, -0.15) is 0 Å². The lowest BCUT2D eigenvalue weighted by molar-refractivity contribution is 0.0910. The van der Waals surface area contributed by atoms with E-state index >= 15 is 0 Å². The molecule has 0 aliphatic carbocycles. The number of benzene rings is 1. The van der Waals surface area contributed by atoms with Crippen molar-refractivity contribution in [3.8, 4) is 0 Å². The summed E-state index contributed by atoms with van der Waals surface area (Å²) in [7, 11) is 0. The van der Waals surface area contributed by atoms with Gasteiger partial charge in [0, 0.05) is 0 Å². The number of carbonyl (C=O) groups is 1. The summed E-state index contributed by atoms with van der Waals surface area (Å²) in [4.78, 5) is 12.0. The Hall–Kier alpha value is -2.07. The summed E-state index contributed by atoms with van der Waals surface area (Å²) in [5.41, 5.74) is 7.70. The van der Waals surface area contributed by atoms with Crippen LogP contribution in [0.1, 0.15) is 40.4 Å². The van der Waals surface area contributed by atoms with E-state index in [0.29, 0.717) is 18.1 Å². The summed E-state index contributed by atoms with van der Waals surface area (Å²) in [6.45, 7) is 4.27. The second kappa shape index (κ2) is 5.71. The molecule has 0 aliphatic heterocycles. The average molecular weight is 258 g/mol. The summed E-state index contributed by atoms with van der Waals surface area (Å²) in [5.74, 6) is 0.671. The lowest BCUT2D eigenvalue weighted by Crippen LogP contribution is -2.26. The van der Waals surface area contributed by atoms with Crippen molar-refractivity contribution in [2.75, 3.05) is 0 Å². The molecule has 19 heavy (non-hydrogen) atoms. The first-order valence-electron chi connectivity index (χ1n) is 6.27. The van der Waals surface area contributed by atoms with E-state index in [1.807, 2.05) is 38.1 Å². The lowest BCUT2D eigenvalue weighted by atomic mass is 10.0. The van der Waals surface area contributed by atoms with Crippen LogP contribution >= 0.6 is 0 Å². The Balaban J connectivity index is 2.08. The maximum atomic E-state index is 12.0. The van der Waals surface area contributed by atoms with Crippen LogP contribution in [0.3, 0.4) is 0 Å². The van der Waals surface area contributed by atoms with Crippen LogP contribution in [-0.4, -0.2) is 5.91 Å². The van der Waals surface area contributed by atoms with Crippen molar-refractivity contribution in [3.05, 3.63) is 59.0 Å². The van der Waals surface area contributed by atoms with Crippen molar-refractivity contribution in [2.24, 2.45) is 5.73 Å². The Labute approximate surface area is 112 Å². The van der Waals surface area contributed by atoms with Crippen LogP contribution in [-0.2, 0) is 6.54 Å². The third-order valence-electron chi connectivity index (χ3n) is 3.09. The molecule has 0 fully saturated rings. The van der Waals surface area contributed by atoms with E-state index in [2.05, 4.69) is 5.32 Å². The summed E-state index contributed by atoms with van der Waals surface area (Å²) < 4.78 is 5.32. The molecule has 1 heterocycles. The highest BCUT2D eigenvalue weighted by Gasteiger charge is 2.15. The number of furan rings is 1. The SMILES string of the molecule is Cc1ccccc1[C@H](C)NC(=O)c1ccc(CN)o1. The van der Waals surface area contributed by atoms with Gasteiger partial charge in [-0.25, -0.2) is 0 Å². The number of rotatable bonds is 4. The van der Waals surface area contributed by atoms with Gasteiger partial charge in [-0.3, -0.25) is 4.79 Å². The van der Waals surface area contributed by atoms with Crippen molar-refractivity contribution in [2.45, 2.75) is 26.4 Å². The molecule has 1 aromatic carbocycles. The van der Waals surface area contributed by atoms with Crippen LogP contribution in [0.2, 0.25) is 0 Å². The van der Waals surface area contributed by atoms with E-state index in [9.17, 15) is 4.79 Å². The van der Waals surface area contributed by atoms with Crippen LogP contribution in [0.15, 0.2) is 40.8 Å². The zero-order valence-corrected chi connectivity index (χ0v) is 11.1. The fourth-order valence-corrected chi connectivity index (χ4v) is 2.03. The maximum absolute atomic E-state index is 12.0. The molecule has 2 aromatic rings. The minimum atomic E-state index is -0.226. The highest BCUT2D eigenvalue weighted by atomic mass is 16.4. The highest BCUT2D eigenvalue weighted by molar-refractivity contribution is 5.91. The molecule has 2 rings (SSSR count). The molecule has 0 aliphatic rings. The topological polar surface area (TPSA) is 68.3 Å². The second-order valence-electron chi connectivity index (χ2n) is 4.52. The van der Waals surface area contributed by atoms with E-state index in [4.69, 9.17) is 10.2 Å². The predicted molar refractivity (Wildman–Crippen MR) is 73.7 cm³/mol. The fraction of sp³-hybridized carbons (Fsp3) is 0.267. The van der Waals surface area contributed by atoms with Gasteiger partial charge in [-0.05, 0) is 37.1 Å². The molecule has 1 amide bonds. The molecule has 3 N–H and O–H groups in total. The molecule has 1 atom stereocenters. The van der Waals surface area contributed by atoms with Crippen LogP contribution in [0.4, 0.5) is 0 Å². The number of nitrogens with two attached hydrogens (primary N) is 1. The van der Waals surface area contributed by atoms with Gasteiger partial charge in [0.15, 0.2) is 5.76 Å². The Morgan fingerprint density at radius 1 is 1.32 bits per heavy atom.